The molecule has 0 spiro atoms. The number of hydrogen-bond acceptors (Lipinski definition) is 5. The maximum Gasteiger partial charge on any atom is 0.225 e. The van der Waals surface area contributed by atoms with Crippen LogP contribution in [0.2, 0.25) is 0 Å². The summed E-state index contributed by atoms with van der Waals surface area (Å²) in [6.45, 7) is 9.76. The Kier molecular flexibility index (Phi) is 5.61. The smallest absolute Gasteiger partial charge is 0.225 e. The van der Waals surface area contributed by atoms with Crippen LogP contribution in [0.3, 0.4) is 0 Å². The van der Waals surface area contributed by atoms with Gasteiger partial charge in [0, 0.05) is 49.4 Å². The second kappa shape index (κ2) is 7.72. The number of hydrogen-bond donors (Lipinski definition) is 1. The molecule has 3 rings (SSSR count). The number of anilines is 1. The van der Waals surface area contributed by atoms with Gasteiger partial charge in [0.05, 0.1) is 5.69 Å². The summed E-state index contributed by atoms with van der Waals surface area (Å²) >= 11 is 1.73. The molecule has 0 aromatic carbocycles. The lowest BCUT2D eigenvalue weighted by molar-refractivity contribution is -0.134. The molecule has 7 heteroatoms. The van der Waals surface area contributed by atoms with Crippen LogP contribution in [0.15, 0.2) is 0 Å². The molecule has 1 aromatic heterocycles. The van der Waals surface area contributed by atoms with E-state index in [1.807, 2.05) is 25.7 Å². The van der Waals surface area contributed by atoms with Crippen LogP contribution >= 0.6 is 11.3 Å². The number of amides is 2. The van der Waals surface area contributed by atoms with Crippen molar-refractivity contribution in [2.24, 2.45) is 11.8 Å². The largest absolute Gasteiger partial charge is 0.356 e. The summed E-state index contributed by atoms with van der Waals surface area (Å²) in [4.78, 5) is 34.5. The lowest BCUT2D eigenvalue weighted by Crippen LogP contribution is -2.49. The van der Waals surface area contributed by atoms with Crippen molar-refractivity contribution in [2.75, 3.05) is 37.6 Å². The Morgan fingerprint density at radius 3 is 2.64 bits per heavy atom. The number of piperazine rings is 1. The molecule has 1 aliphatic heterocycles. The molecule has 1 unspecified atom stereocenters. The molecule has 6 nitrogen and oxygen atoms in total. The van der Waals surface area contributed by atoms with E-state index in [0.717, 1.165) is 50.6 Å². The zero-order valence-corrected chi connectivity index (χ0v) is 16.2. The summed E-state index contributed by atoms with van der Waals surface area (Å²) in [6.07, 6.45) is 2.59. The van der Waals surface area contributed by atoms with Crippen molar-refractivity contribution in [3.8, 4) is 0 Å². The molecule has 2 heterocycles. The first kappa shape index (κ1) is 18.2. The summed E-state index contributed by atoms with van der Waals surface area (Å²) < 4.78 is 0. The molecule has 0 bridgehead atoms. The van der Waals surface area contributed by atoms with Gasteiger partial charge < -0.3 is 15.1 Å². The van der Waals surface area contributed by atoms with Gasteiger partial charge in [-0.3, -0.25) is 9.59 Å². The third-order valence-electron chi connectivity index (χ3n) is 5.01. The fourth-order valence-electron chi connectivity index (χ4n) is 3.52. The Morgan fingerprint density at radius 2 is 2.00 bits per heavy atom. The molecule has 1 saturated heterocycles. The van der Waals surface area contributed by atoms with Gasteiger partial charge in [-0.1, -0.05) is 13.8 Å². The van der Waals surface area contributed by atoms with E-state index in [-0.39, 0.29) is 23.7 Å². The number of carbonyl (C=O) groups excluding carboxylic acids is 2. The second-order valence-electron chi connectivity index (χ2n) is 7.17. The summed E-state index contributed by atoms with van der Waals surface area (Å²) in [5.41, 5.74) is 1.17. The first-order valence-electron chi connectivity index (χ1n) is 9.29. The third-order valence-corrected chi connectivity index (χ3v) is 6.19. The first-order chi connectivity index (χ1) is 12.0. The van der Waals surface area contributed by atoms with E-state index >= 15 is 0 Å². The quantitative estimate of drug-likeness (QED) is 0.883. The molecule has 1 fully saturated rings. The van der Waals surface area contributed by atoms with Gasteiger partial charge >= 0.3 is 0 Å². The minimum atomic E-state index is 0.0601. The van der Waals surface area contributed by atoms with Crippen LogP contribution in [-0.2, 0) is 22.4 Å². The van der Waals surface area contributed by atoms with Crippen molar-refractivity contribution >= 4 is 28.3 Å². The number of carbonyl (C=O) groups is 2. The summed E-state index contributed by atoms with van der Waals surface area (Å²) in [5, 5.41) is 3.99. The highest BCUT2D eigenvalue weighted by Gasteiger charge is 2.29. The molecule has 0 saturated carbocycles. The number of aromatic nitrogens is 1. The van der Waals surface area contributed by atoms with Gasteiger partial charge in [-0.05, 0) is 26.2 Å². The predicted molar refractivity (Wildman–Crippen MR) is 99.9 cm³/mol. The maximum atomic E-state index is 12.1. The molecule has 0 radical (unpaired) electrons. The summed E-state index contributed by atoms with van der Waals surface area (Å²) in [7, 11) is 0. The minimum Gasteiger partial charge on any atom is -0.356 e. The van der Waals surface area contributed by atoms with Gasteiger partial charge in [0.25, 0.3) is 0 Å². The number of aryl methyl sites for hydroxylation is 1. The molecule has 2 amide bonds. The average Bonchev–Trinajstić information content (AvgIpc) is 3.04. The van der Waals surface area contributed by atoms with Crippen LogP contribution in [0.1, 0.15) is 37.8 Å². The number of nitrogens with zero attached hydrogens (tertiary/aromatic N) is 3. The SMILES string of the molecule is CCNC(=O)C1CCc2nc(N3CCN(C(=O)C(C)C)CC3)sc2C1. The van der Waals surface area contributed by atoms with Gasteiger partial charge in [0.1, 0.15) is 0 Å². The zero-order chi connectivity index (χ0) is 18.0. The maximum absolute atomic E-state index is 12.1. The molecule has 1 atom stereocenters. The van der Waals surface area contributed by atoms with E-state index < -0.39 is 0 Å². The molecular weight excluding hydrogens is 336 g/mol. The first-order valence-corrected chi connectivity index (χ1v) is 10.1. The van der Waals surface area contributed by atoms with E-state index in [2.05, 4.69) is 10.2 Å². The molecule has 2 aliphatic rings. The fourth-order valence-corrected chi connectivity index (χ4v) is 4.76. The highest BCUT2D eigenvalue weighted by atomic mass is 32.1. The third kappa shape index (κ3) is 3.97. The summed E-state index contributed by atoms with van der Waals surface area (Å²) in [5.74, 6) is 0.554. The molecule has 1 aromatic rings. The number of rotatable bonds is 4. The normalized spacial score (nSPS) is 20.6. The lowest BCUT2D eigenvalue weighted by atomic mass is 9.90. The van der Waals surface area contributed by atoms with E-state index in [0.29, 0.717) is 6.54 Å². The molecule has 25 heavy (non-hydrogen) atoms. The van der Waals surface area contributed by atoms with Crippen LogP contribution in [0.4, 0.5) is 5.13 Å². The van der Waals surface area contributed by atoms with E-state index in [9.17, 15) is 9.59 Å². The molecular formula is C18H28N4O2S. The topological polar surface area (TPSA) is 65.5 Å². The highest BCUT2D eigenvalue weighted by molar-refractivity contribution is 7.15. The van der Waals surface area contributed by atoms with Crippen LogP contribution in [0.25, 0.3) is 0 Å². The monoisotopic (exact) mass is 364 g/mol. The van der Waals surface area contributed by atoms with Crippen molar-refractivity contribution in [1.82, 2.24) is 15.2 Å². The van der Waals surface area contributed by atoms with Crippen LogP contribution in [-0.4, -0.2) is 54.4 Å². The van der Waals surface area contributed by atoms with Gasteiger partial charge in [0.15, 0.2) is 5.13 Å². The second-order valence-corrected chi connectivity index (χ2v) is 8.23. The van der Waals surface area contributed by atoms with E-state index in [1.54, 1.807) is 11.3 Å². The van der Waals surface area contributed by atoms with Crippen molar-refractivity contribution in [3.63, 3.8) is 0 Å². The summed E-state index contributed by atoms with van der Waals surface area (Å²) in [6, 6.07) is 0. The zero-order valence-electron chi connectivity index (χ0n) is 15.4. The Balaban J connectivity index is 1.61. The van der Waals surface area contributed by atoms with Crippen LogP contribution in [0.5, 0.6) is 0 Å². The van der Waals surface area contributed by atoms with Gasteiger partial charge in [-0.15, -0.1) is 11.3 Å². The van der Waals surface area contributed by atoms with E-state index in [4.69, 9.17) is 4.98 Å². The lowest BCUT2D eigenvalue weighted by Gasteiger charge is -2.35. The number of nitrogens with one attached hydrogen (secondary N) is 1. The predicted octanol–water partition coefficient (Wildman–Crippen LogP) is 1.69. The number of thiazole rings is 1. The molecule has 1 N–H and O–H groups in total. The number of fused-ring (bicyclic) bond motifs is 1. The molecule has 138 valence electrons. The molecule has 1 aliphatic carbocycles. The standard InChI is InChI=1S/C18H28N4O2S/c1-4-19-16(23)13-5-6-14-15(11-13)25-18(20-14)22-9-7-21(8-10-22)17(24)12(2)3/h12-13H,4-11H2,1-3H3,(H,19,23). The van der Waals surface area contributed by atoms with E-state index in [1.165, 1.54) is 10.6 Å². The highest BCUT2D eigenvalue weighted by Crippen LogP contribution is 2.34. The van der Waals surface area contributed by atoms with Gasteiger partial charge in [0.2, 0.25) is 11.8 Å². The minimum absolute atomic E-state index is 0.0601. The van der Waals surface area contributed by atoms with Gasteiger partial charge in [-0.2, -0.15) is 0 Å². The Hall–Kier alpha value is -1.63. The van der Waals surface area contributed by atoms with Crippen LogP contribution in [0, 0.1) is 11.8 Å². The van der Waals surface area contributed by atoms with Crippen LogP contribution < -0.4 is 10.2 Å². The average molecular weight is 365 g/mol. The fraction of sp³-hybridized carbons (Fsp3) is 0.722. The van der Waals surface area contributed by atoms with Crippen molar-refractivity contribution in [3.05, 3.63) is 10.6 Å². The van der Waals surface area contributed by atoms with Crippen molar-refractivity contribution < 1.29 is 9.59 Å². The van der Waals surface area contributed by atoms with Crippen molar-refractivity contribution in [1.29, 1.82) is 0 Å². The Labute approximate surface area is 153 Å². The van der Waals surface area contributed by atoms with Gasteiger partial charge in [-0.25, -0.2) is 4.98 Å². The van der Waals surface area contributed by atoms with Crippen molar-refractivity contribution in [2.45, 2.75) is 40.0 Å². The Morgan fingerprint density at radius 1 is 1.28 bits per heavy atom. The Bertz CT molecular complexity index is 635.